The molecule has 4 aromatic rings. The molecule has 0 radical (unpaired) electrons. The van der Waals surface area contributed by atoms with E-state index in [1.54, 1.807) is 31.4 Å². The topological polar surface area (TPSA) is 112 Å². The highest BCUT2D eigenvalue weighted by Crippen LogP contribution is 2.37. The molecule has 1 aliphatic heterocycles. The van der Waals surface area contributed by atoms with Gasteiger partial charge in [0, 0.05) is 22.6 Å². The Morgan fingerprint density at radius 2 is 1.84 bits per heavy atom. The van der Waals surface area contributed by atoms with Crippen LogP contribution in [0.2, 0.25) is 0 Å². The molecule has 0 saturated heterocycles. The van der Waals surface area contributed by atoms with Crippen LogP contribution >= 0.6 is 0 Å². The zero-order valence-corrected chi connectivity index (χ0v) is 17.8. The highest BCUT2D eigenvalue weighted by Gasteiger charge is 2.34. The molecule has 4 N–H and O–H groups in total. The van der Waals surface area contributed by atoms with E-state index in [0.29, 0.717) is 11.4 Å². The SMILES string of the molecule is CCC1Cc2c([nH]c3ccccc23)C(c2c(O)n(-c3ccc(OC)cc3)c(=O)[nH]c2=O)N1. The highest BCUT2D eigenvalue weighted by molar-refractivity contribution is 5.85. The molecule has 1 aliphatic rings. The fourth-order valence-electron chi connectivity index (χ4n) is 4.57. The lowest BCUT2D eigenvalue weighted by Gasteiger charge is -2.31. The third kappa shape index (κ3) is 3.11. The number of aromatic nitrogens is 3. The number of methoxy groups -OCH3 is 1. The number of aromatic hydroxyl groups is 1. The van der Waals surface area contributed by atoms with Gasteiger partial charge in [0.05, 0.1) is 18.8 Å². The Morgan fingerprint density at radius 3 is 2.56 bits per heavy atom. The lowest BCUT2D eigenvalue weighted by atomic mass is 9.90. The first-order valence-corrected chi connectivity index (χ1v) is 10.6. The van der Waals surface area contributed by atoms with E-state index in [-0.39, 0.29) is 17.5 Å². The molecule has 2 aromatic heterocycles. The van der Waals surface area contributed by atoms with Crippen LogP contribution < -0.4 is 21.3 Å². The number of H-pyrrole nitrogens is 2. The number of hydrogen-bond acceptors (Lipinski definition) is 5. The molecule has 0 fully saturated rings. The van der Waals surface area contributed by atoms with Crippen LogP contribution in [0.15, 0.2) is 58.1 Å². The molecular formula is C24H24N4O4. The second-order valence-electron chi connectivity index (χ2n) is 8.00. The predicted molar refractivity (Wildman–Crippen MR) is 122 cm³/mol. The summed E-state index contributed by atoms with van der Waals surface area (Å²) in [5.74, 6) is 0.233. The van der Waals surface area contributed by atoms with E-state index in [1.165, 1.54) is 0 Å². The van der Waals surface area contributed by atoms with Gasteiger partial charge in [-0.2, -0.15) is 0 Å². The van der Waals surface area contributed by atoms with E-state index in [2.05, 4.69) is 28.3 Å². The van der Waals surface area contributed by atoms with Crippen molar-refractivity contribution in [3.8, 4) is 17.3 Å². The summed E-state index contributed by atoms with van der Waals surface area (Å²) < 4.78 is 6.28. The van der Waals surface area contributed by atoms with E-state index >= 15 is 0 Å². The number of ether oxygens (including phenoxy) is 1. The third-order valence-electron chi connectivity index (χ3n) is 6.22. The van der Waals surface area contributed by atoms with Gasteiger partial charge in [0.25, 0.3) is 5.56 Å². The van der Waals surface area contributed by atoms with E-state index < -0.39 is 17.3 Å². The summed E-state index contributed by atoms with van der Waals surface area (Å²) in [6, 6.07) is 14.2. The Bertz CT molecular complexity index is 1410. The van der Waals surface area contributed by atoms with Gasteiger partial charge < -0.3 is 20.1 Å². The lowest BCUT2D eigenvalue weighted by molar-refractivity contribution is 0.384. The average molecular weight is 432 g/mol. The minimum Gasteiger partial charge on any atom is -0.497 e. The van der Waals surface area contributed by atoms with Gasteiger partial charge in [0.1, 0.15) is 11.3 Å². The largest absolute Gasteiger partial charge is 0.497 e. The van der Waals surface area contributed by atoms with Crippen molar-refractivity contribution < 1.29 is 9.84 Å². The minimum absolute atomic E-state index is 0.103. The second-order valence-corrected chi connectivity index (χ2v) is 8.00. The third-order valence-corrected chi connectivity index (χ3v) is 6.22. The van der Waals surface area contributed by atoms with Crippen molar-refractivity contribution in [2.45, 2.75) is 31.8 Å². The van der Waals surface area contributed by atoms with Crippen LogP contribution in [0, 0.1) is 0 Å². The quantitative estimate of drug-likeness (QED) is 0.396. The summed E-state index contributed by atoms with van der Waals surface area (Å²) in [5.41, 5.74) is 2.13. The number of aromatic amines is 2. The maximum Gasteiger partial charge on any atom is 0.335 e. The standard InChI is InChI=1S/C24H24N4O4/c1-3-13-12-17-16-6-4-5-7-18(16)26-20(17)21(25-13)19-22(29)27-24(31)28(23(19)30)14-8-10-15(32-2)11-9-14/h4-11,13,21,25-26,30H,3,12H2,1-2H3,(H,27,29,31). The minimum atomic E-state index is -0.707. The van der Waals surface area contributed by atoms with Crippen LogP contribution in [-0.4, -0.2) is 32.8 Å². The lowest BCUT2D eigenvalue weighted by Crippen LogP contribution is -2.43. The van der Waals surface area contributed by atoms with Crippen molar-refractivity contribution in [3.05, 3.63) is 86.2 Å². The molecule has 2 unspecified atom stereocenters. The van der Waals surface area contributed by atoms with Gasteiger partial charge in [-0.3, -0.25) is 9.78 Å². The second kappa shape index (κ2) is 7.72. The molecular weight excluding hydrogens is 408 g/mol. The summed E-state index contributed by atoms with van der Waals surface area (Å²) in [7, 11) is 1.55. The summed E-state index contributed by atoms with van der Waals surface area (Å²) in [4.78, 5) is 31.4. The molecule has 2 aromatic carbocycles. The van der Waals surface area contributed by atoms with Crippen LogP contribution in [-0.2, 0) is 6.42 Å². The van der Waals surface area contributed by atoms with E-state index in [9.17, 15) is 14.7 Å². The Labute approximate surface area is 183 Å². The Balaban J connectivity index is 1.73. The summed E-state index contributed by atoms with van der Waals surface area (Å²) in [5, 5.41) is 15.8. The summed E-state index contributed by atoms with van der Waals surface area (Å²) in [6.07, 6.45) is 1.66. The molecule has 2 atom stereocenters. The number of nitrogens with zero attached hydrogens (tertiary/aromatic N) is 1. The fraction of sp³-hybridized carbons (Fsp3) is 0.250. The first kappa shape index (κ1) is 20.1. The molecule has 0 spiro atoms. The van der Waals surface area contributed by atoms with Crippen molar-refractivity contribution in [2.75, 3.05) is 7.11 Å². The normalized spacial score (nSPS) is 17.9. The van der Waals surface area contributed by atoms with Crippen molar-refractivity contribution in [2.24, 2.45) is 0 Å². The molecule has 8 heteroatoms. The van der Waals surface area contributed by atoms with Crippen LogP contribution in [0.3, 0.4) is 0 Å². The maximum atomic E-state index is 13.0. The van der Waals surface area contributed by atoms with Gasteiger partial charge in [-0.05, 0) is 48.7 Å². The molecule has 5 rings (SSSR count). The zero-order chi connectivity index (χ0) is 22.4. The molecule has 0 saturated carbocycles. The van der Waals surface area contributed by atoms with Crippen LogP contribution in [0.5, 0.6) is 11.6 Å². The van der Waals surface area contributed by atoms with Crippen molar-refractivity contribution in [1.82, 2.24) is 19.9 Å². The summed E-state index contributed by atoms with van der Waals surface area (Å²) >= 11 is 0. The Morgan fingerprint density at radius 1 is 1.09 bits per heavy atom. The Kier molecular flexibility index (Phi) is 4.86. The summed E-state index contributed by atoms with van der Waals surface area (Å²) in [6.45, 7) is 2.08. The van der Waals surface area contributed by atoms with Gasteiger partial charge in [-0.15, -0.1) is 0 Å². The van der Waals surface area contributed by atoms with Gasteiger partial charge in [-0.1, -0.05) is 25.1 Å². The van der Waals surface area contributed by atoms with Crippen LogP contribution in [0.4, 0.5) is 0 Å². The maximum absolute atomic E-state index is 13.0. The number of para-hydroxylation sites is 1. The molecule has 32 heavy (non-hydrogen) atoms. The van der Waals surface area contributed by atoms with Gasteiger partial charge in [-0.25, -0.2) is 9.36 Å². The molecule has 0 aliphatic carbocycles. The molecule has 0 bridgehead atoms. The number of rotatable bonds is 4. The molecule has 8 nitrogen and oxygen atoms in total. The smallest absolute Gasteiger partial charge is 0.335 e. The van der Waals surface area contributed by atoms with Crippen LogP contribution in [0.1, 0.15) is 36.2 Å². The van der Waals surface area contributed by atoms with E-state index in [4.69, 9.17) is 4.74 Å². The van der Waals surface area contributed by atoms with Gasteiger partial charge in [0.2, 0.25) is 5.88 Å². The molecule has 3 heterocycles. The monoisotopic (exact) mass is 432 g/mol. The van der Waals surface area contributed by atoms with Crippen molar-refractivity contribution in [3.63, 3.8) is 0 Å². The van der Waals surface area contributed by atoms with E-state index in [0.717, 1.165) is 39.6 Å². The average Bonchev–Trinajstić information content (AvgIpc) is 3.18. The molecule has 0 amide bonds. The number of benzene rings is 2. The van der Waals surface area contributed by atoms with Crippen molar-refractivity contribution >= 4 is 10.9 Å². The Hall–Kier alpha value is -3.78. The highest BCUT2D eigenvalue weighted by atomic mass is 16.5. The fourth-order valence-corrected chi connectivity index (χ4v) is 4.57. The first-order chi connectivity index (χ1) is 15.5. The number of hydrogen-bond donors (Lipinski definition) is 4. The van der Waals surface area contributed by atoms with Gasteiger partial charge >= 0.3 is 5.69 Å². The van der Waals surface area contributed by atoms with E-state index in [1.807, 2.05) is 18.2 Å². The first-order valence-electron chi connectivity index (χ1n) is 10.6. The number of fused-ring (bicyclic) bond motifs is 3. The molecule has 164 valence electrons. The zero-order valence-electron chi connectivity index (χ0n) is 17.8. The van der Waals surface area contributed by atoms with Gasteiger partial charge in [0.15, 0.2) is 0 Å². The number of nitrogens with one attached hydrogen (secondary N) is 3. The van der Waals surface area contributed by atoms with Crippen molar-refractivity contribution in [1.29, 1.82) is 0 Å². The van der Waals surface area contributed by atoms with Crippen LogP contribution in [0.25, 0.3) is 16.6 Å². The predicted octanol–water partition coefficient (Wildman–Crippen LogP) is 2.73.